The molecule has 12 nitrogen and oxygen atoms in total. The average molecular weight is 844 g/mol. The highest BCUT2D eigenvalue weighted by Crippen LogP contribution is 2.38. The number of imidazole rings is 1. The van der Waals surface area contributed by atoms with E-state index in [1.165, 1.54) is 24.7 Å². The maximum absolute atomic E-state index is 13.5. The number of benzene rings is 3. The highest BCUT2D eigenvalue weighted by molar-refractivity contribution is 7.18. The molecule has 8 aromatic rings. The number of para-hydroxylation sites is 1. The third kappa shape index (κ3) is 8.55. The summed E-state index contributed by atoms with van der Waals surface area (Å²) in [4.78, 5) is 42.3. The van der Waals surface area contributed by atoms with Gasteiger partial charge in [0.15, 0.2) is 11.5 Å². The molecule has 0 saturated heterocycles. The molecule has 0 radical (unpaired) electrons. The fourth-order valence-corrected chi connectivity index (χ4v) is 8.12. The summed E-state index contributed by atoms with van der Waals surface area (Å²) >= 11 is 20.0. The Balaban J connectivity index is 0.000000175. The summed E-state index contributed by atoms with van der Waals surface area (Å²) in [5.41, 5.74) is 10.5. The molecule has 17 heteroatoms. The molecule has 57 heavy (non-hydrogen) atoms. The number of nitrogens with zero attached hydrogens (tertiary/aromatic N) is 6. The molecule has 0 spiro atoms. The summed E-state index contributed by atoms with van der Waals surface area (Å²) in [6, 6.07) is 24.3. The van der Waals surface area contributed by atoms with Gasteiger partial charge in [-0.1, -0.05) is 77.3 Å². The van der Waals surface area contributed by atoms with Crippen molar-refractivity contribution >= 4 is 79.8 Å². The minimum atomic E-state index is -0.330. The van der Waals surface area contributed by atoms with Crippen LogP contribution in [-0.2, 0) is 13.5 Å². The Morgan fingerprint density at radius 2 is 1.77 bits per heavy atom. The van der Waals surface area contributed by atoms with Gasteiger partial charge in [0.05, 0.1) is 44.6 Å². The average Bonchev–Trinajstić information content (AvgIpc) is 3.93. The SMILES string of the molecule is CC(Nc1ncnc2nc[nH]c12)c1cc2cccc(Cl)c2c(=O)n1-c1ccccc1.Cn1ncc(Cl)c1-c1cc(C(=O)NC(CN)Cc2cccc(F)c2)sc1Cl. The minimum Gasteiger partial charge on any atom is -0.360 e. The Bertz CT molecular complexity index is 2750. The van der Waals surface area contributed by atoms with Crippen LogP contribution >= 0.6 is 46.1 Å². The predicted molar refractivity (Wildman–Crippen MR) is 225 cm³/mol. The minimum absolute atomic E-state index is 0.165. The molecule has 5 aromatic heterocycles. The fraction of sp³-hybridized carbons (Fsp3) is 0.150. The number of aromatic amines is 1. The van der Waals surface area contributed by atoms with Gasteiger partial charge in [0.25, 0.3) is 11.5 Å². The highest BCUT2D eigenvalue weighted by Gasteiger charge is 2.22. The number of hydrogen-bond acceptors (Lipinski definition) is 9. The van der Waals surface area contributed by atoms with Crippen LogP contribution < -0.4 is 21.9 Å². The highest BCUT2D eigenvalue weighted by atomic mass is 35.5. The van der Waals surface area contributed by atoms with E-state index in [1.807, 2.05) is 55.5 Å². The van der Waals surface area contributed by atoms with Gasteiger partial charge in [-0.3, -0.25) is 18.8 Å². The molecule has 0 fully saturated rings. The number of H-pyrrole nitrogens is 1. The topological polar surface area (TPSA) is 161 Å². The first kappa shape index (κ1) is 39.6. The van der Waals surface area contributed by atoms with Gasteiger partial charge >= 0.3 is 0 Å². The Hall–Kier alpha value is -5.64. The smallest absolute Gasteiger partial charge is 0.264 e. The molecule has 5 N–H and O–H groups in total. The molecule has 0 bridgehead atoms. The summed E-state index contributed by atoms with van der Waals surface area (Å²) in [5, 5.41) is 12.5. The summed E-state index contributed by atoms with van der Waals surface area (Å²) in [6.07, 6.45) is 4.99. The molecule has 0 aliphatic heterocycles. The number of nitrogens with one attached hydrogen (secondary N) is 3. The van der Waals surface area contributed by atoms with Crippen LogP contribution in [0.5, 0.6) is 0 Å². The predicted octanol–water partition coefficient (Wildman–Crippen LogP) is 8.38. The first-order chi connectivity index (χ1) is 27.5. The van der Waals surface area contributed by atoms with E-state index in [0.29, 0.717) is 59.3 Å². The standard InChI is InChI=1S/C22H17ClN6O.C18H17Cl2FN4OS/c1-13(28-21-19-20(25-11-24-19)26-12-27-21)17-10-14-6-5-9-16(23)18(14)22(30)29(17)15-7-3-2-4-8-15;1-25-16(14(19)9-23-25)13-7-15(27-17(13)20)18(26)24-12(8-22)6-10-3-2-4-11(21)5-10/h2-13H,1H3,(H2,24,25,26,27,28);2-5,7,9,12H,6,8,22H2,1H3,(H,24,26). The molecule has 8 rings (SSSR count). The summed E-state index contributed by atoms with van der Waals surface area (Å²) in [5.74, 6) is -0.00104. The van der Waals surface area contributed by atoms with Gasteiger partial charge < -0.3 is 21.4 Å². The van der Waals surface area contributed by atoms with Crippen molar-refractivity contribution in [2.75, 3.05) is 11.9 Å². The largest absolute Gasteiger partial charge is 0.360 e. The Morgan fingerprint density at radius 3 is 2.51 bits per heavy atom. The number of carbonyl (C=O) groups excluding carboxylic acids is 1. The number of thiophene rings is 1. The third-order valence-electron chi connectivity index (χ3n) is 9.11. The lowest BCUT2D eigenvalue weighted by Crippen LogP contribution is -2.41. The van der Waals surface area contributed by atoms with E-state index in [-0.39, 0.29) is 35.9 Å². The zero-order chi connectivity index (χ0) is 40.2. The number of halogens is 4. The van der Waals surface area contributed by atoms with E-state index in [9.17, 15) is 14.0 Å². The molecular formula is C40H34Cl3FN10O2S. The number of aromatic nitrogens is 7. The Morgan fingerprint density at radius 1 is 0.982 bits per heavy atom. The number of aryl methyl sites for hydroxylation is 1. The molecule has 2 unspecified atom stereocenters. The fourth-order valence-electron chi connectivity index (χ4n) is 6.41. The number of hydrogen-bond donors (Lipinski definition) is 4. The van der Waals surface area contributed by atoms with Gasteiger partial charge in [0, 0.05) is 36.6 Å². The quantitative estimate of drug-likeness (QED) is 0.107. The van der Waals surface area contributed by atoms with Gasteiger partial charge in [-0.05, 0) is 66.8 Å². The van der Waals surface area contributed by atoms with E-state index in [0.717, 1.165) is 33.7 Å². The van der Waals surface area contributed by atoms with E-state index < -0.39 is 0 Å². The van der Waals surface area contributed by atoms with Crippen molar-refractivity contribution in [3.05, 3.63) is 150 Å². The zero-order valence-electron chi connectivity index (χ0n) is 30.4. The number of carbonyl (C=O) groups is 1. The van der Waals surface area contributed by atoms with Crippen LogP contribution in [0.2, 0.25) is 14.4 Å². The van der Waals surface area contributed by atoms with E-state index in [1.54, 1.807) is 46.9 Å². The Kier molecular flexibility index (Phi) is 12.0. The van der Waals surface area contributed by atoms with E-state index in [2.05, 4.69) is 35.7 Å². The summed E-state index contributed by atoms with van der Waals surface area (Å²) in [7, 11) is 1.75. The number of pyridine rings is 1. The molecule has 3 aromatic carbocycles. The van der Waals surface area contributed by atoms with Crippen LogP contribution in [0, 0.1) is 5.82 Å². The second-order valence-electron chi connectivity index (χ2n) is 12.9. The lowest BCUT2D eigenvalue weighted by atomic mass is 10.1. The number of amides is 1. The number of nitrogens with two attached hydrogens (primary N) is 1. The first-order valence-corrected chi connectivity index (χ1v) is 19.5. The number of fused-ring (bicyclic) bond motifs is 2. The van der Waals surface area contributed by atoms with Gasteiger partial charge in [0.1, 0.15) is 22.0 Å². The van der Waals surface area contributed by atoms with Crippen molar-refractivity contribution < 1.29 is 9.18 Å². The van der Waals surface area contributed by atoms with Crippen molar-refractivity contribution in [1.82, 2.24) is 39.6 Å². The maximum atomic E-state index is 13.5. The summed E-state index contributed by atoms with van der Waals surface area (Å²) in [6.45, 7) is 2.21. The van der Waals surface area contributed by atoms with Crippen LogP contribution in [-0.4, -0.2) is 52.8 Å². The monoisotopic (exact) mass is 842 g/mol. The van der Waals surface area contributed by atoms with Crippen LogP contribution in [0.3, 0.4) is 0 Å². The van der Waals surface area contributed by atoms with Crippen molar-refractivity contribution in [2.45, 2.75) is 25.4 Å². The van der Waals surface area contributed by atoms with Gasteiger partial charge in [-0.25, -0.2) is 19.3 Å². The Labute approximate surface area is 344 Å². The first-order valence-electron chi connectivity index (χ1n) is 17.5. The van der Waals surface area contributed by atoms with Crippen molar-refractivity contribution in [3.63, 3.8) is 0 Å². The molecule has 0 aliphatic rings. The molecular weight excluding hydrogens is 810 g/mol. The van der Waals surface area contributed by atoms with Crippen LogP contribution in [0.25, 0.3) is 38.9 Å². The molecule has 2 atom stereocenters. The van der Waals surface area contributed by atoms with Crippen molar-refractivity contribution in [1.29, 1.82) is 0 Å². The van der Waals surface area contributed by atoms with Crippen LogP contribution in [0.4, 0.5) is 10.2 Å². The normalized spacial score (nSPS) is 12.3. The van der Waals surface area contributed by atoms with Gasteiger partial charge in [-0.15, -0.1) is 11.3 Å². The van der Waals surface area contributed by atoms with Gasteiger partial charge in [-0.2, -0.15) is 5.10 Å². The zero-order valence-corrected chi connectivity index (χ0v) is 33.5. The summed E-state index contributed by atoms with van der Waals surface area (Å²) < 4.78 is 17.1. The van der Waals surface area contributed by atoms with E-state index >= 15 is 0 Å². The number of rotatable bonds is 10. The molecule has 0 saturated carbocycles. The van der Waals surface area contributed by atoms with Crippen molar-refractivity contribution in [3.8, 4) is 16.9 Å². The lowest BCUT2D eigenvalue weighted by molar-refractivity contribution is 0.0942. The van der Waals surface area contributed by atoms with Crippen LogP contribution in [0.15, 0.2) is 109 Å². The van der Waals surface area contributed by atoms with E-state index in [4.69, 9.17) is 40.5 Å². The molecule has 5 heterocycles. The maximum Gasteiger partial charge on any atom is 0.264 e. The second-order valence-corrected chi connectivity index (χ2v) is 15.4. The molecule has 0 aliphatic carbocycles. The van der Waals surface area contributed by atoms with Crippen molar-refractivity contribution in [2.24, 2.45) is 12.8 Å². The number of anilines is 1. The molecule has 290 valence electrons. The second kappa shape index (κ2) is 17.2. The lowest BCUT2D eigenvalue weighted by Gasteiger charge is -2.21. The van der Waals surface area contributed by atoms with Crippen LogP contribution in [0.1, 0.15) is 33.9 Å². The molecule has 1 amide bonds. The van der Waals surface area contributed by atoms with Gasteiger partial charge in [0.2, 0.25) is 0 Å². The third-order valence-corrected chi connectivity index (χ3v) is 11.1.